The summed E-state index contributed by atoms with van der Waals surface area (Å²) >= 11 is 0. The van der Waals surface area contributed by atoms with Gasteiger partial charge >= 0.3 is 0 Å². The summed E-state index contributed by atoms with van der Waals surface area (Å²) in [6, 6.07) is 15.6. The average molecular weight is 426 g/mol. The van der Waals surface area contributed by atoms with Crippen LogP contribution in [0.4, 0.5) is 5.69 Å². The van der Waals surface area contributed by atoms with Gasteiger partial charge < -0.3 is 4.74 Å². The summed E-state index contributed by atoms with van der Waals surface area (Å²) in [5.74, 6) is 0.847. The first kappa shape index (κ1) is 20.5. The van der Waals surface area contributed by atoms with Crippen LogP contribution in [-0.2, 0) is 23.0 Å². The third-order valence-corrected chi connectivity index (χ3v) is 7.55. The molecule has 4 rings (SSSR count). The molecule has 0 radical (unpaired) electrons. The van der Waals surface area contributed by atoms with Gasteiger partial charge in [0, 0.05) is 19.5 Å². The van der Waals surface area contributed by atoms with Gasteiger partial charge in [-0.15, -0.1) is 0 Å². The first-order chi connectivity index (χ1) is 14.4. The molecule has 7 heteroatoms. The molecule has 2 heterocycles. The number of benzene rings is 2. The van der Waals surface area contributed by atoms with Crippen LogP contribution >= 0.6 is 0 Å². The second-order valence-corrected chi connectivity index (χ2v) is 9.50. The van der Waals surface area contributed by atoms with Gasteiger partial charge in [0.2, 0.25) is 0 Å². The number of anilines is 1. The number of sulfonamides is 1. The highest BCUT2D eigenvalue weighted by Crippen LogP contribution is 2.34. The highest BCUT2D eigenvalue weighted by molar-refractivity contribution is 7.93. The third kappa shape index (κ3) is 3.81. The average Bonchev–Trinajstić information content (AvgIpc) is 3.27. The van der Waals surface area contributed by atoms with Gasteiger partial charge in [-0.3, -0.25) is 8.99 Å². The third-order valence-electron chi connectivity index (χ3n) is 5.48. The summed E-state index contributed by atoms with van der Waals surface area (Å²) in [6.45, 7) is 7.24. The molecule has 1 aromatic heterocycles. The van der Waals surface area contributed by atoms with E-state index in [1.54, 1.807) is 11.6 Å². The molecule has 30 heavy (non-hydrogen) atoms. The number of aryl methyl sites for hydroxylation is 3. The fourth-order valence-corrected chi connectivity index (χ4v) is 5.93. The molecule has 0 fully saturated rings. The van der Waals surface area contributed by atoms with Crippen molar-refractivity contribution >= 4 is 15.7 Å². The quantitative estimate of drug-likeness (QED) is 0.536. The van der Waals surface area contributed by atoms with Crippen LogP contribution in [0.3, 0.4) is 0 Å². The van der Waals surface area contributed by atoms with E-state index in [2.05, 4.69) is 5.10 Å². The maximum Gasteiger partial charge on any atom is 0.268 e. The van der Waals surface area contributed by atoms with Crippen LogP contribution in [0.2, 0.25) is 0 Å². The molecule has 6 nitrogen and oxygen atoms in total. The van der Waals surface area contributed by atoms with E-state index in [1.165, 1.54) is 4.31 Å². The zero-order valence-electron chi connectivity index (χ0n) is 17.6. The number of nitrogens with zero attached hydrogens (tertiary/aromatic N) is 3. The van der Waals surface area contributed by atoms with E-state index in [0.717, 1.165) is 35.4 Å². The Bertz CT molecular complexity index is 1170. The van der Waals surface area contributed by atoms with E-state index in [4.69, 9.17) is 4.74 Å². The van der Waals surface area contributed by atoms with Crippen LogP contribution in [0.5, 0.6) is 5.75 Å². The van der Waals surface area contributed by atoms with E-state index < -0.39 is 10.0 Å². The van der Waals surface area contributed by atoms with E-state index in [-0.39, 0.29) is 0 Å². The molecule has 2 aromatic carbocycles. The van der Waals surface area contributed by atoms with Crippen molar-refractivity contribution in [3.63, 3.8) is 0 Å². The van der Waals surface area contributed by atoms with E-state index in [9.17, 15) is 8.42 Å². The van der Waals surface area contributed by atoms with E-state index in [0.29, 0.717) is 36.0 Å². The Morgan fingerprint density at radius 3 is 2.67 bits per heavy atom. The number of hydrogen-bond donors (Lipinski definition) is 0. The molecule has 3 aromatic rings. The van der Waals surface area contributed by atoms with Crippen LogP contribution < -0.4 is 9.04 Å². The minimum atomic E-state index is -3.65. The molecule has 158 valence electrons. The van der Waals surface area contributed by atoms with Gasteiger partial charge in [-0.05, 0) is 56.5 Å². The molecule has 0 atom stereocenters. The fourth-order valence-electron chi connectivity index (χ4n) is 4.05. The number of hydrogen-bond acceptors (Lipinski definition) is 4. The molecular weight excluding hydrogens is 398 g/mol. The Labute approximate surface area is 178 Å². The molecule has 0 amide bonds. The topological polar surface area (TPSA) is 64.4 Å². The highest BCUT2D eigenvalue weighted by Gasteiger charge is 2.34. The van der Waals surface area contributed by atoms with Crippen LogP contribution in [0, 0.1) is 20.8 Å². The second-order valence-electron chi connectivity index (χ2n) is 7.70. The van der Waals surface area contributed by atoms with Crippen molar-refractivity contribution in [3.05, 3.63) is 71.0 Å². The first-order valence-electron chi connectivity index (χ1n) is 10.2. The van der Waals surface area contributed by atoms with Crippen LogP contribution in [0.15, 0.2) is 53.4 Å². The predicted octanol–water partition coefficient (Wildman–Crippen LogP) is 4.03. The lowest BCUT2D eigenvalue weighted by atomic mass is 10.2. The number of ether oxygens (including phenoxy) is 1. The van der Waals surface area contributed by atoms with Crippen LogP contribution in [0.1, 0.15) is 28.9 Å². The zero-order chi connectivity index (χ0) is 21.3. The molecular formula is C23H27N3O3S. The van der Waals surface area contributed by atoms with Crippen LogP contribution in [0.25, 0.3) is 0 Å². The standard InChI is InChI=1S/C23H27N3O3S/c1-17-8-6-10-21(16-17)29-15-7-13-25-19(3)23(18(2)24-25)30(27,28)26-14-12-20-9-4-5-11-22(20)26/h4-6,8-11,16H,7,12-15H2,1-3H3. The van der Waals surface area contributed by atoms with Crippen molar-refractivity contribution in [3.8, 4) is 5.75 Å². The Balaban J connectivity index is 1.48. The van der Waals surface area contributed by atoms with Crippen LogP contribution in [-0.4, -0.2) is 31.3 Å². The largest absolute Gasteiger partial charge is 0.494 e. The molecule has 1 aliphatic rings. The lowest BCUT2D eigenvalue weighted by Crippen LogP contribution is -2.30. The van der Waals surface area contributed by atoms with Gasteiger partial charge in [0.05, 0.1) is 23.7 Å². The molecule has 0 bridgehead atoms. The van der Waals surface area contributed by atoms with Crippen molar-refractivity contribution in [2.75, 3.05) is 17.5 Å². The lowest BCUT2D eigenvalue weighted by molar-refractivity contribution is 0.297. The normalized spacial score (nSPS) is 13.5. The minimum absolute atomic E-state index is 0.318. The van der Waals surface area contributed by atoms with Gasteiger partial charge in [0.1, 0.15) is 10.6 Å². The summed E-state index contributed by atoms with van der Waals surface area (Å²) in [7, 11) is -3.65. The Morgan fingerprint density at radius 2 is 1.87 bits per heavy atom. The number of fused-ring (bicyclic) bond motifs is 1. The van der Waals surface area contributed by atoms with Gasteiger partial charge in [-0.25, -0.2) is 8.42 Å². The fraction of sp³-hybridized carbons (Fsp3) is 0.348. The summed E-state index contributed by atoms with van der Waals surface area (Å²) in [4.78, 5) is 0.318. The summed E-state index contributed by atoms with van der Waals surface area (Å²) < 4.78 is 36.0. The Hall–Kier alpha value is -2.80. The molecule has 0 spiro atoms. The van der Waals surface area contributed by atoms with Gasteiger partial charge in [-0.1, -0.05) is 30.3 Å². The smallest absolute Gasteiger partial charge is 0.268 e. The van der Waals surface area contributed by atoms with Gasteiger partial charge in [0.15, 0.2) is 0 Å². The molecule has 0 saturated carbocycles. The van der Waals surface area contributed by atoms with Crippen molar-refractivity contribution in [1.82, 2.24) is 9.78 Å². The highest BCUT2D eigenvalue weighted by atomic mass is 32.2. The molecule has 0 unspecified atom stereocenters. The number of rotatable bonds is 7. The van der Waals surface area contributed by atoms with Gasteiger partial charge in [0.25, 0.3) is 10.0 Å². The van der Waals surface area contributed by atoms with Crippen molar-refractivity contribution in [2.24, 2.45) is 0 Å². The van der Waals surface area contributed by atoms with Crippen molar-refractivity contribution in [1.29, 1.82) is 0 Å². The predicted molar refractivity (Wildman–Crippen MR) is 118 cm³/mol. The Kier molecular flexibility index (Phi) is 5.56. The first-order valence-corrected chi connectivity index (χ1v) is 11.7. The molecule has 0 aliphatic carbocycles. The number of aromatic nitrogens is 2. The zero-order valence-corrected chi connectivity index (χ0v) is 18.4. The molecule has 1 aliphatic heterocycles. The lowest BCUT2D eigenvalue weighted by Gasteiger charge is -2.19. The van der Waals surface area contributed by atoms with E-state index in [1.807, 2.05) is 62.4 Å². The van der Waals surface area contributed by atoms with Gasteiger partial charge in [-0.2, -0.15) is 5.10 Å². The maximum absolute atomic E-state index is 13.4. The van der Waals surface area contributed by atoms with E-state index >= 15 is 0 Å². The summed E-state index contributed by atoms with van der Waals surface area (Å²) in [6.07, 6.45) is 1.47. The summed E-state index contributed by atoms with van der Waals surface area (Å²) in [5, 5.41) is 4.52. The monoisotopic (exact) mass is 425 g/mol. The maximum atomic E-state index is 13.4. The van der Waals surface area contributed by atoms with Crippen molar-refractivity contribution in [2.45, 2.75) is 45.1 Å². The SMILES string of the molecule is Cc1cccc(OCCCn2nc(C)c(S(=O)(=O)N3CCc4ccccc43)c2C)c1. The molecule has 0 N–H and O–H groups in total. The Morgan fingerprint density at radius 1 is 1.07 bits per heavy atom. The van der Waals surface area contributed by atoms with Crippen molar-refractivity contribution < 1.29 is 13.2 Å². The minimum Gasteiger partial charge on any atom is -0.494 e. The number of para-hydroxylation sites is 1. The molecule has 0 saturated heterocycles. The second kappa shape index (κ2) is 8.14. The summed E-state index contributed by atoms with van der Waals surface area (Å²) in [5.41, 5.74) is 4.21.